The van der Waals surface area contributed by atoms with E-state index in [1.54, 1.807) is 13.0 Å². The fourth-order valence-corrected chi connectivity index (χ4v) is 2.40. The molecule has 0 atom stereocenters. The molecular weight excluding hydrogens is 505 g/mol. The Morgan fingerprint density at radius 2 is 1.76 bits per heavy atom. The number of guanidine groups is 1. The van der Waals surface area contributed by atoms with Crippen LogP contribution in [0.25, 0.3) is 0 Å². The summed E-state index contributed by atoms with van der Waals surface area (Å²) >= 11 is 0. The summed E-state index contributed by atoms with van der Waals surface area (Å²) in [6.07, 6.45) is -5.86. The van der Waals surface area contributed by atoms with E-state index in [-0.39, 0.29) is 38.0 Å². The first-order valence-corrected chi connectivity index (χ1v) is 10.3. The van der Waals surface area contributed by atoms with Gasteiger partial charge < -0.3 is 25.5 Å². The van der Waals surface area contributed by atoms with Crippen LogP contribution in [-0.2, 0) is 32.3 Å². The number of amides is 2. The lowest BCUT2D eigenvalue weighted by Crippen LogP contribution is -2.37. The van der Waals surface area contributed by atoms with Crippen LogP contribution >= 0.6 is 0 Å². The van der Waals surface area contributed by atoms with Crippen molar-refractivity contribution >= 4 is 29.6 Å². The number of hydrogen-bond donors (Lipinski definition) is 6. The van der Waals surface area contributed by atoms with Gasteiger partial charge in [-0.2, -0.15) is 13.2 Å². The molecule has 2 rings (SSSR count). The summed E-state index contributed by atoms with van der Waals surface area (Å²) in [5.74, 6) is -3.53. The number of aliphatic carboxylic acids is 1. The summed E-state index contributed by atoms with van der Waals surface area (Å²) in [5.41, 5.74) is 8.02. The molecule has 0 fully saturated rings. The molecule has 0 bridgehead atoms. The largest absolute Gasteiger partial charge is 0.490 e. The molecule has 0 aliphatic heterocycles. The second-order valence-corrected chi connectivity index (χ2v) is 6.98. The highest BCUT2D eigenvalue weighted by Gasteiger charge is 2.38. The Morgan fingerprint density at radius 1 is 1.14 bits per heavy atom. The molecule has 0 aliphatic rings. The maximum atomic E-state index is 12.6. The first-order chi connectivity index (χ1) is 17.3. The molecule has 0 radical (unpaired) electrons. The summed E-state index contributed by atoms with van der Waals surface area (Å²) in [5, 5.41) is 19.0. The summed E-state index contributed by atoms with van der Waals surface area (Å²) in [4.78, 5) is 50.4. The van der Waals surface area contributed by atoms with Crippen LogP contribution in [0.4, 0.5) is 23.7 Å². The van der Waals surface area contributed by atoms with Gasteiger partial charge in [-0.15, -0.1) is 0 Å². The van der Waals surface area contributed by atoms with E-state index in [9.17, 15) is 27.6 Å². The summed E-state index contributed by atoms with van der Waals surface area (Å²) in [6, 6.07) is 12.2. The van der Waals surface area contributed by atoms with Gasteiger partial charge in [0.05, 0.1) is 6.61 Å². The highest BCUT2D eigenvalue weighted by molar-refractivity contribution is 5.84. The van der Waals surface area contributed by atoms with E-state index >= 15 is 0 Å². The fourth-order valence-electron chi connectivity index (χ4n) is 2.40. The summed E-state index contributed by atoms with van der Waals surface area (Å²) in [6.45, 7) is 1.73. The first kappa shape index (κ1) is 30.4. The normalized spacial score (nSPS) is 10.4. The lowest BCUT2D eigenvalue weighted by atomic mass is 10.2. The number of alkyl halides is 3. The summed E-state index contributed by atoms with van der Waals surface area (Å²) in [7, 11) is 0. The number of pyridine rings is 1. The molecule has 2 amide bonds. The third-order valence-corrected chi connectivity index (χ3v) is 4.09. The zero-order valence-corrected chi connectivity index (χ0v) is 19.4. The topological polar surface area (TPSA) is 198 Å². The van der Waals surface area contributed by atoms with Crippen molar-refractivity contribution in [3.8, 4) is 0 Å². The number of nitrogens with zero attached hydrogens (tertiary/aromatic N) is 1. The second-order valence-electron chi connectivity index (χ2n) is 6.98. The van der Waals surface area contributed by atoms with Gasteiger partial charge in [0.25, 0.3) is 5.56 Å². The number of ether oxygens (including phenoxy) is 1. The number of nitrogens with one attached hydrogen (secondary N) is 4. The number of halogens is 3. The number of carboxylic acids is 1. The second kappa shape index (κ2) is 14.7. The molecule has 0 saturated carbocycles. The lowest BCUT2D eigenvalue weighted by molar-refractivity contribution is -0.192. The maximum absolute atomic E-state index is 12.6. The highest BCUT2D eigenvalue weighted by atomic mass is 19.4. The van der Waals surface area contributed by atoms with Gasteiger partial charge in [-0.05, 0) is 24.6 Å². The average molecular weight is 530 g/mol. The van der Waals surface area contributed by atoms with Crippen LogP contribution in [-0.4, -0.2) is 52.9 Å². The number of carbonyl (C=O) groups is 3. The quantitative estimate of drug-likeness (QED) is 0.119. The number of carbonyl (C=O) groups excluding carboxylic acids is 2. The minimum atomic E-state index is -5.08. The Labute approximate surface area is 207 Å². The van der Waals surface area contributed by atoms with Gasteiger partial charge in [-0.1, -0.05) is 30.3 Å². The van der Waals surface area contributed by atoms with Crippen LogP contribution in [0.15, 0.2) is 47.3 Å². The number of nitrogens with two attached hydrogens (primary N) is 1. The van der Waals surface area contributed by atoms with Crippen molar-refractivity contribution in [3.63, 3.8) is 0 Å². The van der Waals surface area contributed by atoms with E-state index in [2.05, 4.69) is 16.1 Å². The molecule has 0 unspecified atom stereocenters. The molecule has 1 aromatic heterocycles. The Hall–Kier alpha value is -4.60. The van der Waals surface area contributed by atoms with Crippen LogP contribution < -0.4 is 27.4 Å². The smallest absolute Gasteiger partial charge is 0.475 e. The lowest BCUT2D eigenvalue weighted by Gasteiger charge is -2.13. The van der Waals surface area contributed by atoms with E-state index in [0.29, 0.717) is 5.69 Å². The minimum absolute atomic E-state index is 0.000420. The van der Waals surface area contributed by atoms with Crippen molar-refractivity contribution in [2.75, 3.05) is 18.5 Å². The van der Waals surface area contributed by atoms with Crippen molar-refractivity contribution in [3.05, 3.63) is 64.1 Å². The van der Waals surface area contributed by atoms with Gasteiger partial charge >= 0.3 is 18.2 Å². The van der Waals surface area contributed by atoms with Crippen LogP contribution in [0.3, 0.4) is 0 Å². The van der Waals surface area contributed by atoms with E-state index in [1.165, 1.54) is 10.6 Å². The van der Waals surface area contributed by atoms with Crippen LogP contribution in [0, 0.1) is 12.3 Å². The standard InChI is InChI=1S/C19H24N6O5.C2HF3O2/c1-13-7-8-15(23-19(28)29-12-14-5-3-2-4-6-14)17(27)25(13)11-16(26)22-9-10-30-24-18(20)21;3-2(4,5)1(6)7/h2-8H,9-12H2,1H3,(H,22,26)(H,23,28)(H4,20,21,24);(H,6,7). The zero-order chi connectivity index (χ0) is 28.0. The number of benzene rings is 1. The number of hydrogen-bond acceptors (Lipinski definition) is 7. The van der Waals surface area contributed by atoms with E-state index in [0.717, 1.165) is 5.56 Å². The van der Waals surface area contributed by atoms with Crippen molar-refractivity contribution < 1.29 is 42.2 Å². The molecule has 2 aromatic rings. The van der Waals surface area contributed by atoms with Crippen LogP contribution in [0.5, 0.6) is 0 Å². The first-order valence-electron chi connectivity index (χ1n) is 10.3. The number of hydroxylamine groups is 1. The molecule has 1 aromatic carbocycles. The highest BCUT2D eigenvalue weighted by Crippen LogP contribution is 2.13. The molecule has 0 saturated heterocycles. The monoisotopic (exact) mass is 530 g/mol. The van der Waals surface area contributed by atoms with Crippen molar-refractivity contribution in [1.29, 1.82) is 5.41 Å². The number of aryl methyl sites for hydroxylation is 1. The molecular formula is C21H25F3N6O7. The van der Waals surface area contributed by atoms with Crippen LogP contribution in [0.2, 0.25) is 0 Å². The van der Waals surface area contributed by atoms with Gasteiger partial charge in [0.15, 0.2) is 0 Å². The molecule has 0 aliphatic carbocycles. The predicted molar refractivity (Wildman–Crippen MR) is 123 cm³/mol. The Kier molecular flexibility index (Phi) is 12.1. The van der Waals surface area contributed by atoms with Crippen molar-refractivity contribution in [1.82, 2.24) is 15.4 Å². The van der Waals surface area contributed by atoms with Gasteiger partial charge in [-0.25, -0.2) is 15.1 Å². The Morgan fingerprint density at radius 3 is 2.32 bits per heavy atom. The SMILES string of the molecule is Cc1ccc(NC(=O)OCc2ccccc2)c(=O)n1CC(=O)NCCONC(=N)N.O=C(O)C(F)(F)F. The number of rotatable bonds is 9. The van der Waals surface area contributed by atoms with E-state index in [4.69, 9.17) is 30.6 Å². The number of aromatic nitrogens is 1. The maximum Gasteiger partial charge on any atom is 0.490 e. The van der Waals surface area contributed by atoms with Gasteiger partial charge in [-0.3, -0.25) is 25.2 Å². The summed E-state index contributed by atoms with van der Waals surface area (Å²) < 4.78 is 38.1. The average Bonchev–Trinajstić information content (AvgIpc) is 2.82. The minimum Gasteiger partial charge on any atom is -0.475 e. The predicted octanol–water partition coefficient (Wildman–Crippen LogP) is 1.07. The van der Waals surface area contributed by atoms with Crippen molar-refractivity contribution in [2.45, 2.75) is 26.3 Å². The van der Waals surface area contributed by atoms with Crippen LogP contribution in [0.1, 0.15) is 11.3 Å². The molecule has 1 heterocycles. The molecule has 37 heavy (non-hydrogen) atoms. The number of carboxylic acid groups (broad SMARTS) is 1. The van der Waals surface area contributed by atoms with Gasteiger partial charge in [0.1, 0.15) is 18.8 Å². The fraction of sp³-hybridized carbons (Fsp3) is 0.286. The van der Waals surface area contributed by atoms with Crippen molar-refractivity contribution in [2.24, 2.45) is 5.73 Å². The molecule has 0 spiro atoms. The zero-order valence-electron chi connectivity index (χ0n) is 19.4. The Balaban J connectivity index is 0.000000856. The van der Waals surface area contributed by atoms with Gasteiger partial charge in [0, 0.05) is 12.2 Å². The number of anilines is 1. The van der Waals surface area contributed by atoms with E-state index in [1.807, 2.05) is 30.3 Å². The van der Waals surface area contributed by atoms with Gasteiger partial charge in [0.2, 0.25) is 11.9 Å². The molecule has 16 heteroatoms. The third kappa shape index (κ3) is 12.1. The Bertz CT molecular complexity index is 1140. The molecule has 202 valence electrons. The van der Waals surface area contributed by atoms with E-state index < -0.39 is 29.7 Å². The molecule has 13 nitrogen and oxygen atoms in total. The molecule has 7 N–H and O–H groups in total. The third-order valence-electron chi connectivity index (χ3n) is 4.09.